The fraction of sp³-hybridized carbons (Fsp3) is 0.0833. The number of nitrogen functional groups attached to an aromatic ring is 1. The summed E-state index contributed by atoms with van der Waals surface area (Å²) in [6.07, 6.45) is 1.35. The average Bonchev–Trinajstić information content (AvgIpc) is 2.35. The van der Waals surface area contributed by atoms with E-state index in [9.17, 15) is 8.42 Å². The first-order valence-corrected chi connectivity index (χ1v) is 7.26. The molecule has 0 saturated heterocycles. The number of hydrogen-bond acceptors (Lipinski definition) is 4. The van der Waals surface area contributed by atoms with E-state index in [2.05, 4.69) is 9.71 Å². The number of rotatable bonds is 3. The van der Waals surface area contributed by atoms with Gasteiger partial charge in [-0.05, 0) is 36.8 Å². The van der Waals surface area contributed by atoms with Gasteiger partial charge in [0, 0.05) is 5.69 Å². The zero-order valence-electron chi connectivity index (χ0n) is 10.1. The van der Waals surface area contributed by atoms with Gasteiger partial charge in [0.1, 0.15) is 5.15 Å². The van der Waals surface area contributed by atoms with Crippen LogP contribution in [0.4, 0.5) is 11.4 Å². The lowest BCUT2D eigenvalue weighted by atomic mass is 10.2. The molecule has 0 spiro atoms. The molecule has 0 fully saturated rings. The lowest BCUT2D eigenvalue weighted by Crippen LogP contribution is -2.15. The van der Waals surface area contributed by atoms with Gasteiger partial charge >= 0.3 is 0 Å². The van der Waals surface area contributed by atoms with Crippen molar-refractivity contribution >= 4 is 33.0 Å². The molecule has 0 bridgehead atoms. The average molecular weight is 298 g/mol. The molecule has 1 aromatic carbocycles. The summed E-state index contributed by atoms with van der Waals surface area (Å²) in [5.74, 6) is 0. The van der Waals surface area contributed by atoms with Crippen LogP contribution >= 0.6 is 11.6 Å². The fourth-order valence-electron chi connectivity index (χ4n) is 1.57. The van der Waals surface area contributed by atoms with Gasteiger partial charge < -0.3 is 5.73 Å². The van der Waals surface area contributed by atoms with E-state index in [1.165, 1.54) is 24.4 Å². The van der Waals surface area contributed by atoms with Crippen LogP contribution in [0.1, 0.15) is 5.56 Å². The summed E-state index contributed by atoms with van der Waals surface area (Å²) >= 11 is 5.64. The molecule has 0 aliphatic carbocycles. The second kappa shape index (κ2) is 5.07. The molecule has 0 radical (unpaired) electrons. The van der Waals surface area contributed by atoms with Gasteiger partial charge in [0.25, 0.3) is 10.0 Å². The second-order valence-electron chi connectivity index (χ2n) is 3.95. The van der Waals surface area contributed by atoms with Crippen LogP contribution in [-0.2, 0) is 10.0 Å². The highest BCUT2D eigenvalue weighted by Gasteiger charge is 2.17. The monoisotopic (exact) mass is 297 g/mol. The second-order valence-corrected chi connectivity index (χ2v) is 5.98. The summed E-state index contributed by atoms with van der Waals surface area (Å²) < 4.78 is 26.9. The van der Waals surface area contributed by atoms with Gasteiger partial charge in [-0.3, -0.25) is 4.72 Å². The van der Waals surface area contributed by atoms with Gasteiger partial charge in [-0.15, -0.1) is 0 Å². The Balaban J connectivity index is 2.38. The van der Waals surface area contributed by atoms with E-state index in [0.29, 0.717) is 22.1 Å². The largest absolute Gasteiger partial charge is 0.398 e. The van der Waals surface area contributed by atoms with Crippen molar-refractivity contribution in [2.45, 2.75) is 11.8 Å². The van der Waals surface area contributed by atoms with Gasteiger partial charge in [-0.25, -0.2) is 13.4 Å². The van der Waals surface area contributed by atoms with Crippen LogP contribution in [0.2, 0.25) is 5.15 Å². The minimum absolute atomic E-state index is 0.141. The molecule has 1 aromatic heterocycles. The molecule has 7 heteroatoms. The molecular weight excluding hydrogens is 286 g/mol. The Hall–Kier alpha value is -1.79. The number of hydrogen-bond donors (Lipinski definition) is 2. The first-order chi connectivity index (χ1) is 8.90. The summed E-state index contributed by atoms with van der Waals surface area (Å²) in [6.45, 7) is 1.66. The minimum Gasteiger partial charge on any atom is -0.398 e. The number of pyridine rings is 1. The smallest absolute Gasteiger partial charge is 0.262 e. The Morgan fingerprint density at radius 2 is 2.00 bits per heavy atom. The number of nitrogens with two attached hydrogens (primary N) is 1. The maximum atomic E-state index is 12.2. The van der Waals surface area contributed by atoms with Gasteiger partial charge in [0.15, 0.2) is 0 Å². The van der Waals surface area contributed by atoms with Crippen molar-refractivity contribution in [1.29, 1.82) is 0 Å². The van der Waals surface area contributed by atoms with Crippen LogP contribution in [0.3, 0.4) is 0 Å². The molecule has 0 amide bonds. The van der Waals surface area contributed by atoms with Crippen molar-refractivity contribution in [3.8, 4) is 0 Å². The first-order valence-electron chi connectivity index (χ1n) is 5.39. The van der Waals surface area contributed by atoms with Crippen molar-refractivity contribution in [1.82, 2.24) is 4.98 Å². The predicted molar refractivity (Wildman–Crippen MR) is 75.6 cm³/mol. The summed E-state index contributed by atoms with van der Waals surface area (Å²) in [4.78, 5) is 3.95. The van der Waals surface area contributed by atoms with Gasteiger partial charge in [-0.1, -0.05) is 17.7 Å². The van der Waals surface area contributed by atoms with E-state index in [0.717, 1.165) is 0 Å². The highest BCUT2D eigenvalue weighted by molar-refractivity contribution is 7.92. The van der Waals surface area contributed by atoms with E-state index in [-0.39, 0.29) is 4.90 Å². The number of halogens is 1. The van der Waals surface area contributed by atoms with E-state index < -0.39 is 10.0 Å². The van der Waals surface area contributed by atoms with Gasteiger partial charge in [0.2, 0.25) is 0 Å². The number of benzene rings is 1. The Morgan fingerprint density at radius 1 is 1.26 bits per heavy atom. The Morgan fingerprint density at radius 3 is 2.63 bits per heavy atom. The zero-order valence-corrected chi connectivity index (χ0v) is 11.7. The zero-order chi connectivity index (χ0) is 14.0. The highest BCUT2D eigenvalue weighted by atomic mass is 35.5. The Bertz CT molecular complexity index is 699. The van der Waals surface area contributed by atoms with E-state index in [4.69, 9.17) is 17.3 Å². The molecule has 0 saturated carbocycles. The minimum atomic E-state index is -3.69. The predicted octanol–water partition coefficient (Wildman–Crippen LogP) is 2.43. The third-order valence-corrected chi connectivity index (χ3v) is 4.34. The Labute approximate surface area is 116 Å². The third-order valence-electron chi connectivity index (χ3n) is 2.60. The van der Waals surface area contributed by atoms with Crippen molar-refractivity contribution in [3.05, 3.63) is 47.2 Å². The fourth-order valence-corrected chi connectivity index (χ4v) is 3.00. The van der Waals surface area contributed by atoms with Gasteiger partial charge in [0.05, 0.1) is 16.8 Å². The molecular formula is C12H12ClN3O2S. The lowest BCUT2D eigenvalue weighted by Gasteiger charge is -2.11. The van der Waals surface area contributed by atoms with Crippen LogP contribution in [0, 0.1) is 6.92 Å². The number of nitrogens with zero attached hydrogens (tertiary/aromatic N) is 1. The summed E-state index contributed by atoms with van der Waals surface area (Å²) in [5, 5.41) is 0.295. The topological polar surface area (TPSA) is 85.1 Å². The van der Waals surface area contributed by atoms with Crippen LogP contribution in [0.25, 0.3) is 0 Å². The number of aromatic nitrogens is 1. The van der Waals surface area contributed by atoms with Crippen LogP contribution in [0.5, 0.6) is 0 Å². The third kappa shape index (κ3) is 2.97. The van der Waals surface area contributed by atoms with Crippen LogP contribution in [-0.4, -0.2) is 13.4 Å². The number of sulfonamides is 1. The molecule has 1 heterocycles. The summed E-state index contributed by atoms with van der Waals surface area (Å²) in [7, 11) is -3.69. The molecule has 5 nitrogen and oxygen atoms in total. The van der Waals surface area contributed by atoms with E-state index >= 15 is 0 Å². The number of anilines is 2. The highest BCUT2D eigenvalue weighted by Crippen LogP contribution is 2.23. The van der Waals surface area contributed by atoms with Crippen molar-refractivity contribution in [2.24, 2.45) is 0 Å². The molecule has 0 unspecified atom stereocenters. The molecule has 2 rings (SSSR count). The molecule has 0 atom stereocenters. The SMILES string of the molecule is Cc1c(N)cccc1S(=O)(=O)Nc1ccc(Cl)nc1. The van der Waals surface area contributed by atoms with Crippen LogP contribution < -0.4 is 10.5 Å². The Kier molecular flexibility index (Phi) is 3.64. The lowest BCUT2D eigenvalue weighted by molar-refractivity contribution is 0.600. The molecule has 3 N–H and O–H groups in total. The van der Waals surface area contributed by atoms with E-state index in [1.807, 2.05) is 0 Å². The number of nitrogens with one attached hydrogen (secondary N) is 1. The summed E-state index contributed by atoms with van der Waals surface area (Å²) in [5.41, 5.74) is 6.99. The normalized spacial score (nSPS) is 11.3. The molecule has 0 aliphatic heterocycles. The maximum absolute atomic E-state index is 12.2. The van der Waals surface area contributed by atoms with Crippen molar-refractivity contribution in [3.63, 3.8) is 0 Å². The van der Waals surface area contributed by atoms with Crippen LogP contribution in [0.15, 0.2) is 41.4 Å². The van der Waals surface area contributed by atoms with Crippen molar-refractivity contribution < 1.29 is 8.42 Å². The standard InChI is InChI=1S/C12H12ClN3O2S/c1-8-10(14)3-2-4-11(8)19(17,18)16-9-5-6-12(13)15-7-9/h2-7,16H,14H2,1H3. The quantitative estimate of drug-likeness (QED) is 0.673. The maximum Gasteiger partial charge on any atom is 0.262 e. The summed E-state index contributed by atoms with van der Waals surface area (Å²) in [6, 6.07) is 7.78. The molecule has 100 valence electrons. The molecule has 0 aliphatic rings. The molecule has 2 aromatic rings. The van der Waals surface area contributed by atoms with Gasteiger partial charge in [-0.2, -0.15) is 0 Å². The first kappa shape index (κ1) is 13.6. The van der Waals surface area contributed by atoms with Crippen molar-refractivity contribution in [2.75, 3.05) is 10.5 Å². The van der Waals surface area contributed by atoms with E-state index in [1.54, 1.807) is 19.1 Å². The molecule has 19 heavy (non-hydrogen) atoms.